The minimum Gasteiger partial charge on any atom is -0.450 e. The van der Waals surface area contributed by atoms with Gasteiger partial charge in [0, 0.05) is 11.8 Å². The molecule has 1 aromatic carbocycles. The number of H-pyrrole nitrogens is 1. The van der Waals surface area contributed by atoms with Gasteiger partial charge in [-0.2, -0.15) is 0 Å². The molecule has 0 saturated carbocycles. The molecule has 0 aliphatic heterocycles. The number of fused-ring (bicyclic) bond motifs is 3. The van der Waals surface area contributed by atoms with Gasteiger partial charge in [0.05, 0.1) is 18.4 Å². The van der Waals surface area contributed by atoms with E-state index in [1.165, 1.54) is 0 Å². The van der Waals surface area contributed by atoms with Gasteiger partial charge in [-0.15, -0.1) is 0 Å². The maximum Gasteiger partial charge on any atom is 0.196 e. The molecule has 0 aliphatic carbocycles. The number of rotatable bonds is 4. The standard InChI is InChI=1S/C16H15N5O/c1-2-13-17-7-10(21-13)8-18-16-15-14(19-9-20-16)11-5-3-4-6-12(11)22-15/h3-7,9H,2,8H2,1H3,(H,17,21)(H,18,19,20). The van der Waals surface area contributed by atoms with E-state index in [0.29, 0.717) is 17.9 Å². The van der Waals surface area contributed by atoms with E-state index in [9.17, 15) is 0 Å². The van der Waals surface area contributed by atoms with Crippen molar-refractivity contribution in [3.05, 3.63) is 48.3 Å². The van der Waals surface area contributed by atoms with Crippen molar-refractivity contribution in [1.82, 2.24) is 19.9 Å². The molecule has 0 amide bonds. The normalized spacial score (nSPS) is 11.3. The van der Waals surface area contributed by atoms with Crippen molar-refractivity contribution in [2.24, 2.45) is 0 Å². The Labute approximate surface area is 126 Å². The first-order valence-corrected chi connectivity index (χ1v) is 7.24. The van der Waals surface area contributed by atoms with Gasteiger partial charge in [0.1, 0.15) is 23.3 Å². The maximum absolute atomic E-state index is 5.89. The second-order valence-electron chi connectivity index (χ2n) is 5.06. The molecule has 0 bridgehead atoms. The van der Waals surface area contributed by atoms with Crippen LogP contribution in [0.5, 0.6) is 0 Å². The van der Waals surface area contributed by atoms with Crippen molar-refractivity contribution in [2.45, 2.75) is 19.9 Å². The molecule has 0 radical (unpaired) electrons. The largest absolute Gasteiger partial charge is 0.450 e. The topological polar surface area (TPSA) is 79.6 Å². The summed E-state index contributed by atoms with van der Waals surface area (Å²) in [6.07, 6.45) is 4.28. The summed E-state index contributed by atoms with van der Waals surface area (Å²) >= 11 is 0. The van der Waals surface area contributed by atoms with Gasteiger partial charge >= 0.3 is 0 Å². The molecule has 6 nitrogen and oxygen atoms in total. The van der Waals surface area contributed by atoms with E-state index >= 15 is 0 Å². The Morgan fingerprint density at radius 1 is 1.18 bits per heavy atom. The highest BCUT2D eigenvalue weighted by atomic mass is 16.3. The van der Waals surface area contributed by atoms with E-state index in [1.54, 1.807) is 6.33 Å². The number of anilines is 1. The molecular formula is C16H15N5O. The number of nitrogens with zero attached hydrogens (tertiary/aromatic N) is 3. The first-order chi connectivity index (χ1) is 10.8. The summed E-state index contributed by atoms with van der Waals surface area (Å²) in [7, 11) is 0. The lowest BCUT2D eigenvalue weighted by Gasteiger charge is -2.03. The van der Waals surface area contributed by atoms with Gasteiger partial charge in [0.15, 0.2) is 11.4 Å². The SMILES string of the molecule is CCc1ncc(CNc2ncnc3c2oc2ccccc23)[nH]1. The van der Waals surface area contributed by atoms with Crippen molar-refractivity contribution >= 4 is 27.9 Å². The van der Waals surface area contributed by atoms with E-state index in [1.807, 2.05) is 30.5 Å². The quantitative estimate of drug-likeness (QED) is 0.603. The lowest BCUT2D eigenvalue weighted by molar-refractivity contribution is 0.666. The van der Waals surface area contributed by atoms with Crippen molar-refractivity contribution < 1.29 is 4.42 Å². The van der Waals surface area contributed by atoms with Crippen LogP contribution in [0, 0.1) is 0 Å². The number of furan rings is 1. The summed E-state index contributed by atoms with van der Waals surface area (Å²) in [5.74, 6) is 1.67. The Hall–Kier alpha value is -2.89. The van der Waals surface area contributed by atoms with Crippen molar-refractivity contribution in [3.8, 4) is 0 Å². The number of para-hydroxylation sites is 1. The van der Waals surface area contributed by atoms with E-state index < -0.39 is 0 Å². The molecule has 4 rings (SSSR count). The van der Waals surface area contributed by atoms with Crippen LogP contribution in [0.3, 0.4) is 0 Å². The number of hydrogen-bond donors (Lipinski definition) is 2. The van der Waals surface area contributed by atoms with Crippen LogP contribution in [0.2, 0.25) is 0 Å². The lowest BCUT2D eigenvalue weighted by Crippen LogP contribution is -2.02. The van der Waals surface area contributed by atoms with Crippen LogP contribution >= 0.6 is 0 Å². The number of aryl methyl sites for hydroxylation is 1. The number of benzene rings is 1. The first-order valence-electron chi connectivity index (χ1n) is 7.24. The number of hydrogen-bond acceptors (Lipinski definition) is 5. The summed E-state index contributed by atoms with van der Waals surface area (Å²) in [4.78, 5) is 16.2. The first kappa shape index (κ1) is 12.8. The summed E-state index contributed by atoms with van der Waals surface area (Å²) in [6, 6.07) is 7.86. The predicted octanol–water partition coefficient (Wildman–Crippen LogP) is 3.27. The van der Waals surface area contributed by atoms with Crippen LogP contribution in [0.4, 0.5) is 5.82 Å². The third-order valence-electron chi connectivity index (χ3n) is 3.62. The summed E-state index contributed by atoms with van der Waals surface area (Å²) in [5.41, 5.74) is 3.33. The Morgan fingerprint density at radius 2 is 2.09 bits per heavy atom. The fourth-order valence-corrected chi connectivity index (χ4v) is 2.50. The Kier molecular flexibility index (Phi) is 3.00. The zero-order valence-electron chi connectivity index (χ0n) is 12.1. The van der Waals surface area contributed by atoms with Crippen molar-refractivity contribution in [3.63, 3.8) is 0 Å². The zero-order valence-corrected chi connectivity index (χ0v) is 12.1. The minimum atomic E-state index is 0.607. The average molecular weight is 293 g/mol. The summed E-state index contributed by atoms with van der Waals surface area (Å²) in [5, 5.41) is 4.28. The van der Waals surface area contributed by atoms with Gasteiger partial charge in [0.2, 0.25) is 0 Å². The van der Waals surface area contributed by atoms with Gasteiger partial charge in [-0.1, -0.05) is 19.1 Å². The molecule has 0 aliphatic rings. The number of imidazole rings is 1. The van der Waals surface area contributed by atoms with Gasteiger partial charge in [-0.3, -0.25) is 0 Å². The molecule has 0 saturated heterocycles. The Bertz CT molecular complexity index is 940. The highest BCUT2D eigenvalue weighted by Gasteiger charge is 2.12. The number of aromatic amines is 1. The summed E-state index contributed by atoms with van der Waals surface area (Å²) < 4.78 is 5.89. The van der Waals surface area contributed by atoms with E-state index in [-0.39, 0.29) is 0 Å². The smallest absolute Gasteiger partial charge is 0.196 e. The van der Waals surface area contributed by atoms with Gasteiger partial charge in [-0.25, -0.2) is 15.0 Å². The van der Waals surface area contributed by atoms with Gasteiger partial charge in [-0.05, 0) is 12.1 Å². The highest BCUT2D eigenvalue weighted by Crippen LogP contribution is 2.30. The fraction of sp³-hybridized carbons (Fsp3) is 0.188. The molecule has 0 unspecified atom stereocenters. The third kappa shape index (κ3) is 2.09. The van der Waals surface area contributed by atoms with Crippen molar-refractivity contribution in [2.75, 3.05) is 5.32 Å². The monoisotopic (exact) mass is 293 g/mol. The second-order valence-corrected chi connectivity index (χ2v) is 5.06. The van der Waals surface area contributed by atoms with Gasteiger partial charge < -0.3 is 14.7 Å². The molecule has 110 valence electrons. The minimum absolute atomic E-state index is 0.607. The molecule has 2 N–H and O–H groups in total. The van der Waals surface area contributed by atoms with E-state index in [2.05, 4.69) is 32.2 Å². The average Bonchev–Trinajstić information content (AvgIpc) is 3.17. The number of aromatic nitrogens is 4. The third-order valence-corrected chi connectivity index (χ3v) is 3.62. The zero-order chi connectivity index (χ0) is 14.9. The highest BCUT2D eigenvalue weighted by molar-refractivity contribution is 6.05. The van der Waals surface area contributed by atoms with Crippen molar-refractivity contribution in [1.29, 1.82) is 0 Å². The molecule has 0 atom stereocenters. The van der Waals surface area contributed by atoms with Gasteiger partial charge in [0.25, 0.3) is 0 Å². The molecule has 3 aromatic heterocycles. The molecule has 22 heavy (non-hydrogen) atoms. The van der Waals surface area contributed by atoms with Crippen LogP contribution in [0.25, 0.3) is 22.1 Å². The molecule has 0 spiro atoms. The molecular weight excluding hydrogens is 278 g/mol. The fourth-order valence-electron chi connectivity index (χ4n) is 2.50. The summed E-state index contributed by atoms with van der Waals surface area (Å²) in [6.45, 7) is 2.68. The Morgan fingerprint density at radius 3 is 2.95 bits per heavy atom. The molecule has 3 heterocycles. The van der Waals surface area contributed by atoms with Crippen LogP contribution in [0.1, 0.15) is 18.4 Å². The molecule has 0 fully saturated rings. The van der Waals surface area contributed by atoms with Crippen LogP contribution < -0.4 is 5.32 Å². The van der Waals surface area contributed by atoms with E-state index in [4.69, 9.17) is 4.42 Å². The van der Waals surface area contributed by atoms with Crippen LogP contribution in [-0.2, 0) is 13.0 Å². The Balaban J connectivity index is 1.69. The number of nitrogens with one attached hydrogen (secondary N) is 2. The predicted molar refractivity (Wildman–Crippen MR) is 84.6 cm³/mol. The van der Waals surface area contributed by atoms with Crippen LogP contribution in [-0.4, -0.2) is 19.9 Å². The molecule has 6 heteroatoms. The molecule has 4 aromatic rings. The lowest BCUT2D eigenvalue weighted by atomic mass is 10.2. The van der Waals surface area contributed by atoms with Crippen LogP contribution in [0.15, 0.2) is 41.2 Å². The van der Waals surface area contributed by atoms with E-state index in [0.717, 1.165) is 34.4 Å². The second kappa shape index (κ2) is 5.14. The maximum atomic E-state index is 5.89.